The zero-order valence-corrected chi connectivity index (χ0v) is 7.54. The van der Waals surface area contributed by atoms with Crippen molar-refractivity contribution in [1.29, 1.82) is 5.41 Å². The van der Waals surface area contributed by atoms with E-state index < -0.39 is 0 Å². The van der Waals surface area contributed by atoms with Crippen LogP contribution < -0.4 is 5.43 Å². The first-order valence-electron chi connectivity index (χ1n) is 4.30. The van der Waals surface area contributed by atoms with Crippen molar-refractivity contribution in [2.45, 2.75) is 6.42 Å². The van der Waals surface area contributed by atoms with Gasteiger partial charge >= 0.3 is 0 Å². The summed E-state index contributed by atoms with van der Waals surface area (Å²) in [5, 5.41) is 9.67. The number of nitrogens with one attached hydrogen (secondary N) is 2. The standard InChI is InChI=1S/C9H12N4/c1-11-13-6-4-8-7(9(13)10)3-2-5-12-8/h2-3,5,10-11H,4,6H2,1H3. The molecule has 4 nitrogen and oxygen atoms in total. The van der Waals surface area contributed by atoms with Crippen LogP contribution in [0.4, 0.5) is 0 Å². The molecule has 0 bridgehead atoms. The summed E-state index contributed by atoms with van der Waals surface area (Å²) in [7, 11) is 1.83. The highest BCUT2D eigenvalue weighted by Gasteiger charge is 2.20. The minimum atomic E-state index is 0.511. The maximum atomic E-state index is 7.85. The molecule has 68 valence electrons. The second kappa shape index (κ2) is 3.14. The van der Waals surface area contributed by atoms with E-state index in [0.717, 1.165) is 24.2 Å². The third-order valence-electron chi connectivity index (χ3n) is 2.26. The van der Waals surface area contributed by atoms with Crippen LogP contribution in [0.1, 0.15) is 11.3 Å². The average Bonchev–Trinajstić information content (AvgIpc) is 2.19. The third kappa shape index (κ3) is 1.29. The first kappa shape index (κ1) is 8.19. The van der Waals surface area contributed by atoms with Gasteiger partial charge in [0.2, 0.25) is 0 Å². The molecule has 0 saturated heterocycles. The van der Waals surface area contributed by atoms with Crippen LogP contribution in [-0.4, -0.2) is 29.4 Å². The Hall–Kier alpha value is -1.42. The van der Waals surface area contributed by atoms with Gasteiger partial charge in [0, 0.05) is 31.8 Å². The lowest BCUT2D eigenvalue weighted by molar-refractivity contribution is 0.331. The summed E-state index contributed by atoms with van der Waals surface area (Å²) in [4.78, 5) is 4.24. The van der Waals surface area contributed by atoms with Gasteiger partial charge in [-0.05, 0) is 12.1 Å². The Bertz CT molecular complexity index is 334. The Kier molecular flexibility index (Phi) is 1.98. The number of rotatable bonds is 1. The number of hydrogen-bond acceptors (Lipinski definition) is 3. The van der Waals surface area contributed by atoms with Crippen LogP contribution in [0.5, 0.6) is 0 Å². The van der Waals surface area contributed by atoms with Gasteiger partial charge in [-0.2, -0.15) is 0 Å². The molecule has 0 saturated carbocycles. The maximum absolute atomic E-state index is 7.85. The van der Waals surface area contributed by atoms with E-state index in [1.54, 1.807) is 6.20 Å². The van der Waals surface area contributed by atoms with Crippen molar-refractivity contribution in [3.05, 3.63) is 29.6 Å². The minimum Gasteiger partial charge on any atom is -0.292 e. The molecule has 0 aromatic carbocycles. The van der Waals surface area contributed by atoms with Gasteiger partial charge in [-0.1, -0.05) is 0 Å². The Balaban J connectivity index is 2.39. The quantitative estimate of drug-likeness (QED) is 0.651. The summed E-state index contributed by atoms with van der Waals surface area (Å²) in [5.74, 6) is 0.511. The van der Waals surface area contributed by atoms with Crippen LogP contribution in [-0.2, 0) is 6.42 Å². The van der Waals surface area contributed by atoms with Crippen molar-refractivity contribution < 1.29 is 0 Å². The number of hydrazine groups is 1. The molecular weight excluding hydrogens is 164 g/mol. The van der Waals surface area contributed by atoms with Gasteiger partial charge in [-0.15, -0.1) is 0 Å². The highest BCUT2D eigenvalue weighted by Crippen LogP contribution is 2.14. The summed E-state index contributed by atoms with van der Waals surface area (Å²) in [6, 6.07) is 3.81. The van der Waals surface area contributed by atoms with Crippen LogP contribution in [0.25, 0.3) is 0 Å². The fraction of sp³-hybridized carbons (Fsp3) is 0.333. The van der Waals surface area contributed by atoms with Crippen molar-refractivity contribution in [1.82, 2.24) is 15.4 Å². The van der Waals surface area contributed by atoms with E-state index in [9.17, 15) is 0 Å². The van der Waals surface area contributed by atoms with Crippen molar-refractivity contribution in [2.75, 3.05) is 13.6 Å². The van der Waals surface area contributed by atoms with Crippen molar-refractivity contribution in [3.63, 3.8) is 0 Å². The SMILES string of the molecule is CNN1CCc2ncccc2C1=N. The minimum absolute atomic E-state index is 0.511. The molecule has 0 radical (unpaired) electrons. The van der Waals surface area contributed by atoms with Gasteiger partial charge in [-0.25, -0.2) is 5.43 Å². The Morgan fingerprint density at radius 1 is 1.62 bits per heavy atom. The van der Waals surface area contributed by atoms with Crippen molar-refractivity contribution >= 4 is 5.84 Å². The summed E-state index contributed by atoms with van der Waals surface area (Å²) in [6.45, 7) is 0.819. The molecule has 13 heavy (non-hydrogen) atoms. The van der Waals surface area contributed by atoms with Gasteiger partial charge in [-0.3, -0.25) is 15.4 Å². The molecule has 0 atom stereocenters. The van der Waals surface area contributed by atoms with Gasteiger partial charge in [0.25, 0.3) is 0 Å². The highest BCUT2D eigenvalue weighted by molar-refractivity contribution is 5.97. The van der Waals surface area contributed by atoms with E-state index in [0.29, 0.717) is 5.84 Å². The zero-order chi connectivity index (χ0) is 9.26. The van der Waals surface area contributed by atoms with Gasteiger partial charge in [0.1, 0.15) is 5.84 Å². The molecule has 0 fully saturated rings. The molecule has 1 aliphatic rings. The first-order valence-corrected chi connectivity index (χ1v) is 4.30. The second-order valence-electron chi connectivity index (χ2n) is 2.97. The van der Waals surface area contributed by atoms with Gasteiger partial charge < -0.3 is 0 Å². The number of aromatic nitrogens is 1. The largest absolute Gasteiger partial charge is 0.292 e. The smallest absolute Gasteiger partial charge is 0.144 e. The predicted octanol–water partition coefficient (Wildman–Crippen LogP) is 0.399. The summed E-state index contributed by atoms with van der Waals surface area (Å²) >= 11 is 0. The van der Waals surface area contributed by atoms with Crippen LogP contribution in [0, 0.1) is 5.41 Å². The molecule has 1 aromatic rings. The molecular formula is C9H12N4. The van der Waals surface area contributed by atoms with Gasteiger partial charge in [0.05, 0.1) is 5.69 Å². The van der Waals surface area contributed by atoms with E-state index in [1.807, 2.05) is 24.2 Å². The van der Waals surface area contributed by atoms with E-state index >= 15 is 0 Å². The summed E-state index contributed by atoms with van der Waals surface area (Å²) < 4.78 is 0. The topological polar surface area (TPSA) is 52.0 Å². The molecule has 2 N–H and O–H groups in total. The normalized spacial score (nSPS) is 15.8. The fourth-order valence-electron chi connectivity index (χ4n) is 1.55. The van der Waals surface area contributed by atoms with Crippen LogP contribution in [0.15, 0.2) is 18.3 Å². The summed E-state index contributed by atoms with van der Waals surface area (Å²) in [5.41, 5.74) is 4.94. The zero-order valence-electron chi connectivity index (χ0n) is 7.54. The molecule has 0 amide bonds. The van der Waals surface area contributed by atoms with E-state index in [4.69, 9.17) is 5.41 Å². The molecule has 2 rings (SSSR count). The van der Waals surface area contributed by atoms with Crippen LogP contribution in [0.3, 0.4) is 0 Å². The highest BCUT2D eigenvalue weighted by atomic mass is 15.5. The molecule has 1 aliphatic heterocycles. The van der Waals surface area contributed by atoms with Crippen molar-refractivity contribution in [3.8, 4) is 0 Å². The molecule has 1 aromatic heterocycles. The lowest BCUT2D eigenvalue weighted by Crippen LogP contribution is -2.45. The van der Waals surface area contributed by atoms with Crippen LogP contribution >= 0.6 is 0 Å². The Morgan fingerprint density at radius 3 is 3.23 bits per heavy atom. The lowest BCUT2D eigenvalue weighted by atomic mass is 10.1. The predicted molar refractivity (Wildman–Crippen MR) is 50.5 cm³/mol. The number of nitrogens with zero attached hydrogens (tertiary/aromatic N) is 2. The number of hydrogen-bond donors (Lipinski definition) is 2. The first-order chi connectivity index (χ1) is 6.33. The van der Waals surface area contributed by atoms with E-state index in [2.05, 4.69) is 10.4 Å². The van der Waals surface area contributed by atoms with E-state index in [-0.39, 0.29) is 0 Å². The van der Waals surface area contributed by atoms with Gasteiger partial charge in [0.15, 0.2) is 0 Å². The average molecular weight is 176 g/mol. The molecule has 0 spiro atoms. The maximum Gasteiger partial charge on any atom is 0.144 e. The van der Waals surface area contributed by atoms with E-state index in [1.165, 1.54) is 0 Å². The number of amidine groups is 1. The Labute approximate surface area is 77.1 Å². The molecule has 0 aliphatic carbocycles. The molecule has 2 heterocycles. The fourth-order valence-corrected chi connectivity index (χ4v) is 1.55. The van der Waals surface area contributed by atoms with Crippen LogP contribution in [0.2, 0.25) is 0 Å². The number of fused-ring (bicyclic) bond motifs is 1. The van der Waals surface area contributed by atoms with Crippen molar-refractivity contribution in [2.24, 2.45) is 0 Å². The molecule has 4 heteroatoms. The summed E-state index contributed by atoms with van der Waals surface area (Å²) in [6.07, 6.45) is 2.68. The second-order valence-corrected chi connectivity index (χ2v) is 2.97. The monoisotopic (exact) mass is 176 g/mol. The third-order valence-corrected chi connectivity index (χ3v) is 2.26. The molecule has 0 unspecified atom stereocenters. The number of pyridine rings is 1. The Morgan fingerprint density at radius 2 is 2.46 bits per heavy atom. The lowest BCUT2D eigenvalue weighted by Gasteiger charge is -2.29.